The number of amides is 3. The Morgan fingerprint density at radius 2 is 1.88 bits per heavy atom. The molecule has 0 spiro atoms. The van der Waals surface area contributed by atoms with Crippen molar-refractivity contribution in [2.45, 2.75) is 69.9 Å². The topological polar surface area (TPSA) is 114 Å². The van der Waals surface area contributed by atoms with Crippen LogP contribution >= 0.6 is 0 Å². The Balaban J connectivity index is 1.56. The molecular formula is C23H30N6O2Si. The smallest absolute Gasteiger partial charge is 0.309 e. The number of fused-ring (bicyclic) bond motifs is 1. The molecule has 8 nitrogen and oxygen atoms in total. The van der Waals surface area contributed by atoms with E-state index in [1.807, 2.05) is 13.8 Å². The number of anilines is 2. The SMILES string of the molecule is CC1(C)c2[nH]nc(NC(=O)C3([Si](C)(C)C)CCC3)c2CN1C(=O)Nc1ccccc1C#N. The number of benzene rings is 1. The number of para-hydroxylation sites is 1. The highest BCUT2D eigenvalue weighted by Crippen LogP contribution is 2.56. The molecule has 1 saturated carbocycles. The van der Waals surface area contributed by atoms with Crippen molar-refractivity contribution in [1.82, 2.24) is 15.1 Å². The average molecular weight is 451 g/mol. The Hall–Kier alpha value is -3.12. The molecule has 2 aliphatic rings. The molecule has 1 aliphatic carbocycles. The molecule has 0 saturated heterocycles. The molecular weight excluding hydrogens is 420 g/mol. The summed E-state index contributed by atoms with van der Waals surface area (Å²) in [5.74, 6) is 0.566. The number of carbonyl (C=O) groups is 2. The zero-order chi connectivity index (χ0) is 23.3. The van der Waals surface area contributed by atoms with Gasteiger partial charge < -0.3 is 15.5 Å². The van der Waals surface area contributed by atoms with Crippen molar-refractivity contribution in [3.63, 3.8) is 0 Å². The van der Waals surface area contributed by atoms with E-state index in [0.717, 1.165) is 30.5 Å². The fraction of sp³-hybridized carbons (Fsp3) is 0.478. The number of hydrogen-bond donors (Lipinski definition) is 3. The number of aromatic amines is 1. The summed E-state index contributed by atoms with van der Waals surface area (Å²) in [4.78, 5) is 28.1. The predicted octanol–water partition coefficient (Wildman–Crippen LogP) is 4.77. The second kappa shape index (κ2) is 7.48. The first-order valence-electron chi connectivity index (χ1n) is 11.0. The third kappa shape index (κ3) is 3.30. The fourth-order valence-corrected chi connectivity index (χ4v) is 7.49. The van der Waals surface area contributed by atoms with Gasteiger partial charge in [-0.25, -0.2) is 4.79 Å². The molecule has 32 heavy (non-hydrogen) atoms. The molecule has 3 amide bonds. The molecule has 0 atom stereocenters. The molecule has 0 bridgehead atoms. The molecule has 1 fully saturated rings. The first kappa shape index (κ1) is 22.1. The van der Waals surface area contributed by atoms with E-state index in [1.54, 1.807) is 29.2 Å². The van der Waals surface area contributed by atoms with Gasteiger partial charge >= 0.3 is 6.03 Å². The van der Waals surface area contributed by atoms with E-state index in [0.29, 0.717) is 23.6 Å². The third-order valence-corrected chi connectivity index (χ3v) is 10.9. The summed E-state index contributed by atoms with van der Waals surface area (Å²) in [6.45, 7) is 10.9. The minimum Gasteiger partial charge on any atom is -0.309 e. The second-order valence-electron chi connectivity index (χ2n) is 10.3. The van der Waals surface area contributed by atoms with Gasteiger partial charge in [0, 0.05) is 10.6 Å². The van der Waals surface area contributed by atoms with Crippen LogP contribution in [0.3, 0.4) is 0 Å². The van der Waals surface area contributed by atoms with E-state index in [1.165, 1.54) is 0 Å². The van der Waals surface area contributed by atoms with E-state index in [4.69, 9.17) is 0 Å². The molecule has 0 unspecified atom stereocenters. The van der Waals surface area contributed by atoms with Crippen LogP contribution in [0.4, 0.5) is 16.3 Å². The van der Waals surface area contributed by atoms with Gasteiger partial charge in [0.2, 0.25) is 5.91 Å². The van der Waals surface area contributed by atoms with Crippen LogP contribution < -0.4 is 10.6 Å². The minimum absolute atomic E-state index is 0.0564. The number of carbonyl (C=O) groups excluding carboxylic acids is 2. The van der Waals surface area contributed by atoms with E-state index >= 15 is 0 Å². The summed E-state index contributed by atoms with van der Waals surface area (Å²) in [7, 11) is -1.71. The van der Waals surface area contributed by atoms with Crippen LogP contribution in [0.15, 0.2) is 24.3 Å². The molecule has 9 heteroatoms. The van der Waals surface area contributed by atoms with Gasteiger partial charge in [0.25, 0.3) is 0 Å². The Labute approximate surface area is 189 Å². The number of nitrogens with one attached hydrogen (secondary N) is 3. The molecule has 2 heterocycles. The molecule has 0 radical (unpaired) electrons. The molecule has 1 aromatic carbocycles. The van der Waals surface area contributed by atoms with Gasteiger partial charge in [0.05, 0.1) is 37.1 Å². The normalized spacial score (nSPS) is 18.3. The molecule has 1 aromatic heterocycles. The van der Waals surface area contributed by atoms with Gasteiger partial charge in [0.1, 0.15) is 6.07 Å². The Bertz CT molecular complexity index is 1120. The summed E-state index contributed by atoms with van der Waals surface area (Å²) >= 11 is 0. The van der Waals surface area contributed by atoms with Crippen molar-refractivity contribution in [3.8, 4) is 6.07 Å². The van der Waals surface area contributed by atoms with Crippen LogP contribution in [-0.4, -0.2) is 35.1 Å². The van der Waals surface area contributed by atoms with Gasteiger partial charge in [-0.15, -0.1) is 0 Å². The van der Waals surface area contributed by atoms with E-state index < -0.39 is 13.6 Å². The molecule has 3 N–H and O–H groups in total. The molecule has 1 aliphatic heterocycles. The summed E-state index contributed by atoms with van der Waals surface area (Å²) in [5, 5.41) is 22.4. The lowest BCUT2D eigenvalue weighted by Gasteiger charge is -2.48. The van der Waals surface area contributed by atoms with Crippen molar-refractivity contribution < 1.29 is 9.59 Å². The Kier molecular flexibility index (Phi) is 5.16. The second-order valence-corrected chi connectivity index (χ2v) is 15.8. The van der Waals surface area contributed by atoms with Crippen molar-refractivity contribution in [3.05, 3.63) is 41.1 Å². The highest BCUT2D eigenvalue weighted by atomic mass is 28.3. The van der Waals surface area contributed by atoms with Crippen molar-refractivity contribution in [1.29, 1.82) is 5.26 Å². The average Bonchev–Trinajstić information content (AvgIpc) is 3.18. The van der Waals surface area contributed by atoms with Crippen LogP contribution in [0.25, 0.3) is 0 Å². The molecule has 4 rings (SSSR count). The summed E-state index contributed by atoms with van der Waals surface area (Å²) in [6.07, 6.45) is 2.94. The predicted molar refractivity (Wildman–Crippen MR) is 126 cm³/mol. The van der Waals surface area contributed by atoms with E-state index in [2.05, 4.69) is 46.5 Å². The first-order valence-corrected chi connectivity index (χ1v) is 14.5. The summed E-state index contributed by atoms with van der Waals surface area (Å²) in [6, 6.07) is 8.70. The van der Waals surface area contributed by atoms with Crippen LogP contribution in [-0.2, 0) is 16.9 Å². The maximum Gasteiger partial charge on any atom is 0.322 e. The Morgan fingerprint density at radius 3 is 2.47 bits per heavy atom. The maximum absolute atomic E-state index is 13.3. The van der Waals surface area contributed by atoms with Gasteiger partial charge in [-0.1, -0.05) is 38.2 Å². The lowest BCUT2D eigenvalue weighted by Crippen LogP contribution is -2.52. The van der Waals surface area contributed by atoms with Gasteiger partial charge in [0.15, 0.2) is 5.82 Å². The van der Waals surface area contributed by atoms with Crippen molar-refractivity contribution >= 4 is 31.5 Å². The number of rotatable bonds is 4. The maximum atomic E-state index is 13.3. The third-order valence-electron chi connectivity index (χ3n) is 7.31. The zero-order valence-electron chi connectivity index (χ0n) is 19.3. The Morgan fingerprint density at radius 1 is 1.19 bits per heavy atom. The van der Waals surface area contributed by atoms with Crippen LogP contribution in [0.1, 0.15) is 49.9 Å². The van der Waals surface area contributed by atoms with E-state index in [-0.39, 0.29) is 17.0 Å². The summed E-state index contributed by atoms with van der Waals surface area (Å²) < 4.78 is 0. The fourth-order valence-electron chi connectivity index (χ4n) is 4.89. The lowest BCUT2D eigenvalue weighted by molar-refractivity contribution is -0.121. The van der Waals surface area contributed by atoms with Crippen molar-refractivity contribution in [2.75, 3.05) is 10.6 Å². The van der Waals surface area contributed by atoms with Gasteiger partial charge in [-0.3, -0.25) is 9.89 Å². The van der Waals surface area contributed by atoms with Crippen LogP contribution in [0.2, 0.25) is 24.7 Å². The highest BCUT2D eigenvalue weighted by molar-refractivity contribution is 6.83. The summed E-state index contributed by atoms with van der Waals surface area (Å²) in [5.41, 5.74) is 1.87. The van der Waals surface area contributed by atoms with E-state index in [9.17, 15) is 14.9 Å². The number of H-pyrrole nitrogens is 1. The first-order chi connectivity index (χ1) is 15.0. The van der Waals surface area contributed by atoms with Crippen LogP contribution in [0, 0.1) is 11.3 Å². The monoisotopic (exact) mass is 450 g/mol. The number of aromatic nitrogens is 2. The highest BCUT2D eigenvalue weighted by Gasteiger charge is 2.54. The quantitative estimate of drug-likeness (QED) is 0.582. The number of hydrogen-bond acceptors (Lipinski definition) is 4. The minimum atomic E-state index is -1.71. The van der Waals surface area contributed by atoms with Crippen molar-refractivity contribution in [2.24, 2.45) is 0 Å². The zero-order valence-corrected chi connectivity index (χ0v) is 20.3. The lowest BCUT2D eigenvalue weighted by atomic mass is 9.83. The largest absolute Gasteiger partial charge is 0.322 e. The molecule has 2 aromatic rings. The molecule has 168 valence electrons. The number of nitriles is 1. The standard InChI is InChI=1S/C23H30N6O2Si/c1-22(2)18-16(14-29(22)21(31)25-17-10-7-6-9-15(17)13-24)19(28-27-18)26-20(30)23(11-8-12-23)32(3,4)5/h6-7,9-10H,8,11-12,14H2,1-5H3,(H,25,31)(H2,26,27,28,30). The van der Waals surface area contributed by atoms with Crippen LogP contribution in [0.5, 0.6) is 0 Å². The van der Waals surface area contributed by atoms with Gasteiger partial charge in [-0.05, 0) is 38.8 Å². The van der Waals surface area contributed by atoms with Gasteiger partial charge in [-0.2, -0.15) is 10.4 Å². The number of urea groups is 1. The number of nitrogens with zero attached hydrogens (tertiary/aromatic N) is 3.